The van der Waals surface area contributed by atoms with Gasteiger partial charge in [0, 0.05) is 22.4 Å². The summed E-state index contributed by atoms with van der Waals surface area (Å²) in [4.78, 5) is 8.38. The molecule has 1 aromatic heterocycles. The predicted molar refractivity (Wildman–Crippen MR) is 75.5 cm³/mol. The first-order valence-corrected chi connectivity index (χ1v) is 6.22. The standard InChI is InChI=1S/C12H12IN3O/c1-8-7-15-12(14-2)16-11(8)17-10-5-3-4-9(13)6-10/h3-7H,1-2H3,(H,14,15,16). The molecule has 5 heteroatoms. The summed E-state index contributed by atoms with van der Waals surface area (Å²) in [5.41, 5.74) is 0.905. The molecule has 1 aromatic carbocycles. The molecule has 0 radical (unpaired) electrons. The third kappa shape index (κ3) is 3.06. The van der Waals surface area contributed by atoms with Crippen LogP contribution in [-0.2, 0) is 0 Å². The van der Waals surface area contributed by atoms with Gasteiger partial charge in [0.1, 0.15) is 5.75 Å². The number of ether oxygens (including phenoxy) is 1. The first kappa shape index (κ1) is 12.1. The zero-order chi connectivity index (χ0) is 12.3. The molecule has 0 aliphatic rings. The van der Waals surface area contributed by atoms with Crippen LogP contribution < -0.4 is 10.1 Å². The maximum Gasteiger partial charge on any atom is 0.226 e. The minimum absolute atomic E-state index is 0.552. The molecule has 1 heterocycles. The van der Waals surface area contributed by atoms with Crippen molar-refractivity contribution in [3.05, 3.63) is 39.6 Å². The van der Waals surface area contributed by atoms with E-state index in [0.29, 0.717) is 11.8 Å². The molecular weight excluding hydrogens is 329 g/mol. The Hall–Kier alpha value is -1.37. The van der Waals surface area contributed by atoms with Gasteiger partial charge in [-0.2, -0.15) is 4.98 Å². The predicted octanol–water partition coefficient (Wildman–Crippen LogP) is 3.22. The third-order valence-electron chi connectivity index (χ3n) is 2.16. The van der Waals surface area contributed by atoms with Crippen LogP contribution in [0.1, 0.15) is 5.56 Å². The highest BCUT2D eigenvalue weighted by Crippen LogP contribution is 2.24. The molecule has 0 saturated carbocycles. The number of halogens is 1. The summed E-state index contributed by atoms with van der Waals surface area (Å²) in [5, 5.41) is 2.89. The second kappa shape index (κ2) is 5.31. The molecule has 0 aliphatic heterocycles. The average molecular weight is 341 g/mol. The number of nitrogens with one attached hydrogen (secondary N) is 1. The van der Waals surface area contributed by atoms with Gasteiger partial charge in [0.25, 0.3) is 0 Å². The first-order chi connectivity index (χ1) is 8.19. The number of anilines is 1. The van der Waals surface area contributed by atoms with Gasteiger partial charge >= 0.3 is 0 Å². The molecule has 0 aliphatic carbocycles. The van der Waals surface area contributed by atoms with Gasteiger partial charge in [-0.25, -0.2) is 4.98 Å². The molecule has 1 N–H and O–H groups in total. The van der Waals surface area contributed by atoms with Crippen LogP contribution in [0.2, 0.25) is 0 Å². The zero-order valence-electron chi connectivity index (χ0n) is 9.57. The minimum Gasteiger partial charge on any atom is -0.439 e. The van der Waals surface area contributed by atoms with Crippen LogP contribution in [0.15, 0.2) is 30.5 Å². The van der Waals surface area contributed by atoms with Crippen molar-refractivity contribution < 1.29 is 4.74 Å². The number of aromatic nitrogens is 2. The van der Waals surface area contributed by atoms with E-state index in [1.54, 1.807) is 13.2 Å². The fourth-order valence-electron chi connectivity index (χ4n) is 1.29. The molecule has 0 bridgehead atoms. The number of hydrogen-bond acceptors (Lipinski definition) is 4. The average Bonchev–Trinajstić information content (AvgIpc) is 2.32. The number of benzene rings is 1. The van der Waals surface area contributed by atoms with E-state index >= 15 is 0 Å². The van der Waals surface area contributed by atoms with E-state index in [0.717, 1.165) is 14.9 Å². The monoisotopic (exact) mass is 341 g/mol. The van der Waals surface area contributed by atoms with Gasteiger partial charge in [-0.05, 0) is 47.7 Å². The van der Waals surface area contributed by atoms with Crippen LogP contribution in [0.4, 0.5) is 5.95 Å². The van der Waals surface area contributed by atoms with Crippen LogP contribution in [0, 0.1) is 10.5 Å². The van der Waals surface area contributed by atoms with Crippen molar-refractivity contribution in [2.24, 2.45) is 0 Å². The maximum atomic E-state index is 5.74. The molecule has 88 valence electrons. The fourth-order valence-corrected chi connectivity index (χ4v) is 1.81. The van der Waals surface area contributed by atoms with Gasteiger partial charge in [0.05, 0.1) is 0 Å². The Morgan fingerprint density at radius 3 is 2.88 bits per heavy atom. The van der Waals surface area contributed by atoms with Crippen molar-refractivity contribution in [1.82, 2.24) is 9.97 Å². The molecule has 4 nitrogen and oxygen atoms in total. The molecule has 0 spiro atoms. The summed E-state index contributed by atoms with van der Waals surface area (Å²) < 4.78 is 6.86. The van der Waals surface area contributed by atoms with E-state index < -0.39 is 0 Å². The van der Waals surface area contributed by atoms with E-state index in [1.165, 1.54) is 0 Å². The summed E-state index contributed by atoms with van der Waals surface area (Å²) in [6.07, 6.45) is 1.74. The summed E-state index contributed by atoms with van der Waals surface area (Å²) in [5.74, 6) is 1.91. The quantitative estimate of drug-likeness (QED) is 0.871. The lowest BCUT2D eigenvalue weighted by Gasteiger charge is -2.08. The molecule has 0 saturated heterocycles. The lowest BCUT2D eigenvalue weighted by molar-refractivity contribution is 0.458. The van der Waals surface area contributed by atoms with Crippen LogP contribution in [-0.4, -0.2) is 17.0 Å². The molecule has 0 fully saturated rings. The van der Waals surface area contributed by atoms with Crippen LogP contribution in [0.5, 0.6) is 11.6 Å². The molecule has 0 unspecified atom stereocenters. The van der Waals surface area contributed by atoms with Crippen molar-refractivity contribution in [2.45, 2.75) is 6.92 Å². The van der Waals surface area contributed by atoms with E-state index in [2.05, 4.69) is 37.9 Å². The van der Waals surface area contributed by atoms with Gasteiger partial charge in [0.2, 0.25) is 11.8 Å². The Balaban J connectivity index is 2.29. The highest BCUT2D eigenvalue weighted by molar-refractivity contribution is 14.1. The molecule has 0 amide bonds. The van der Waals surface area contributed by atoms with Crippen molar-refractivity contribution in [3.8, 4) is 11.6 Å². The van der Waals surface area contributed by atoms with Gasteiger partial charge < -0.3 is 10.1 Å². The van der Waals surface area contributed by atoms with Crippen molar-refractivity contribution >= 4 is 28.5 Å². The highest BCUT2D eigenvalue weighted by Gasteiger charge is 2.05. The Labute approximate surface area is 114 Å². The van der Waals surface area contributed by atoms with Crippen molar-refractivity contribution in [2.75, 3.05) is 12.4 Å². The van der Waals surface area contributed by atoms with Crippen LogP contribution >= 0.6 is 22.6 Å². The lowest BCUT2D eigenvalue weighted by atomic mass is 10.3. The number of aryl methyl sites for hydroxylation is 1. The van der Waals surface area contributed by atoms with Crippen LogP contribution in [0.25, 0.3) is 0 Å². The largest absolute Gasteiger partial charge is 0.439 e. The van der Waals surface area contributed by atoms with Gasteiger partial charge in [-0.3, -0.25) is 0 Å². The summed E-state index contributed by atoms with van der Waals surface area (Å²) >= 11 is 2.25. The first-order valence-electron chi connectivity index (χ1n) is 5.14. The Kier molecular flexibility index (Phi) is 3.78. The molecule has 2 rings (SSSR count). The van der Waals surface area contributed by atoms with Crippen molar-refractivity contribution in [1.29, 1.82) is 0 Å². The third-order valence-corrected chi connectivity index (χ3v) is 2.83. The van der Waals surface area contributed by atoms with Gasteiger partial charge in [-0.15, -0.1) is 0 Å². The maximum absolute atomic E-state index is 5.74. The molecular formula is C12H12IN3O. The number of rotatable bonds is 3. The second-order valence-corrected chi connectivity index (χ2v) is 4.74. The smallest absolute Gasteiger partial charge is 0.226 e. The number of hydrogen-bond donors (Lipinski definition) is 1. The minimum atomic E-state index is 0.552. The Morgan fingerprint density at radius 2 is 2.18 bits per heavy atom. The summed E-state index contributed by atoms with van der Waals surface area (Å²) in [6, 6.07) is 7.83. The van der Waals surface area contributed by atoms with Gasteiger partial charge in [-0.1, -0.05) is 6.07 Å². The highest BCUT2D eigenvalue weighted by atomic mass is 127. The Morgan fingerprint density at radius 1 is 1.35 bits per heavy atom. The summed E-state index contributed by atoms with van der Waals surface area (Å²) in [7, 11) is 1.78. The van der Waals surface area contributed by atoms with E-state index in [9.17, 15) is 0 Å². The molecule has 0 atom stereocenters. The SMILES string of the molecule is CNc1ncc(C)c(Oc2cccc(I)c2)n1. The number of nitrogens with zero attached hydrogens (tertiary/aromatic N) is 2. The van der Waals surface area contributed by atoms with Crippen LogP contribution in [0.3, 0.4) is 0 Å². The topological polar surface area (TPSA) is 47.0 Å². The van der Waals surface area contributed by atoms with E-state index in [-0.39, 0.29) is 0 Å². The van der Waals surface area contributed by atoms with Gasteiger partial charge in [0.15, 0.2) is 0 Å². The van der Waals surface area contributed by atoms with E-state index in [1.807, 2.05) is 31.2 Å². The zero-order valence-corrected chi connectivity index (χ0v) is 11.7. The lowest BCUT2D eigenvalue weighted by Crippen LogP contribution is -1.99. The van der Waals surface area contributed by atoms with Crippen molar-refractivity contribution in [3.63, 3.8) is 0 Å². The molecule has 2 aromatic rings. The molecule has 17 heavy (non-hydrogen) atoms. The fraction of sp³-hybridized carbons (Fsp3) is 0.167. The second-order valence-electron chi connectivity index (χ2n) is 3.49. The summed E-state index contributed by atoms with van der Waals surface area (Å²) in [6.45, 7) is 1.92. The van der Waals surface area contributed by atoms with E-state index in [4.69, 9.17) is 4.74 Å². The Bertz CT molecular complexity index is 531. The normalized spacial score (nSPS) is 10.1.